The number of methoxy groups -OCH3 is 1. The SMILES string of the molecule is COc1ccc(C(CN)N2CCN(c3ccccn3)CC2)cc1O. The number of benzene rings is 1. The molecule has 2 heterocycles. The van der Waals surface area contributed by atoms with Crippen molar-refractivity contribution in [1.29, 1.82) is 0 Å². The van der Waals surface area contributed by atoms with E-state index >= 15 is 0 Å². The van der Waals surface area contributed by atoms with Crippen LogP contribution in [-0.4, -0.2) is 54.8 Å². The third-order valence-electron chi connectivity index (χ3n) is 4.54. The summed E-state index contributed by atoms with van der Waals surface area (Å²) in [6.07, 6.45) is 1.82. The van der Waals surface area contributed by atoms with Crippen molar-refractivity contribution in [1.82, 2.24) is 9.88 Å². The lowest BCUT2D eigenvalue weighted by Gasteiger charge is -2.39. The summed E-state index contributed by atoms with van der Waals surface area (Å²) in [6.45, 7) is 4.15. The highest BCUT2D eigenvalue weighted by molar-refractivity contribution is 5.43. The van der Waals surface area contributed by atoms with Gasteiger partial charge in [0.1, 0.15) is 5.82 Å². The normalized spacial score (nSPS) is 16.8. The molecule has 0 radical (unpaired) electrons. The van der Waals surface area contributed by atoms with Crippen molar-refractivity contribution >= 4 is 5.82 Å². The zero-order chi connectivity index (χ0) is 16.9. The average Bonchev–Trinajstić information content (AvgIpc) is 2.64. The van der Waals surface area contributed by atoms with Crippen LogP contribution in [0.4, 0.5) is 5.82 Å². The lowest BCUT2D eigenvalue weighted by molar-refractivity contribution is 0.189. The lowest BCUT2D eigenvalue weighted by Crippen LogP contribution is -2.49. The zero-order valence-electron chi connectivity index (χ0n) is 13.9. The van der Waals surface area contributed by atoms with Gasteiger partial charge in [-0.15, -0.1) is 0 Å². The largest absolute Gasteiger partial charge is 0.504 e. The van der Waals surface area contributed by atoms with Crippen molar-refractivity contribution in [3.63, 3.8) is 0 Å². The number of hydrogen-bond donors (Lipinski definition) is 2. The fraction of sp³-hybridized carbons (Fsp3) is 0.389. The summed E-state index contributed by atoms with van der Waals surface area (Å²) in [4.78, 5) is 9.07. The number of anilines is 1. The first-order valence-electron chi connectivity index (χ1n) is 8.20. The van der Waals surface area contributed by atoms with E-state index in [-0.39, 0.29) is 11.8 Å². The molecule has 128 valence electrons. The Bertz CT molecular complexity index is 657. The van der Waals surface area contributed by atoms with E-state index in [0.717, 1.165) is 37.6 Å². The van der Waals surface area contributed by atoms with Gasteiger partial charge in [0.15, 0.2) is 11.5 Å². The molecule has 2 aromatic rings. The molecule has 1 aromatic heterocycles. The Labute approximate surface area is 142 Å². The monoisotopic (exact) mass is 328 g/mol. The Hall–Kier alpha value is -2.31. The highest BCUT2D eigenvalue weighted by atomic mass is 16.5. The maximum atomic E-state index is 10.0. The molecule has 0 aliphatic carbocycles. The van der Waals surface area contributed by atoms with Gasteiger partial charge in [-0.25, -0.2) is 4.98 Å². The second-order valence-electron chi connectivity index (χ2n) is 5.89. The molecule has 1 aliphatic rings. The number of hydrogen-bond acceptors (Lipinski definition) is 6. The van der Waals surface area contributed by atoms with Crippen LogP contribution in [0.5, 0.6) is 11.5 Å². The molecule has 3 N–H and O–H groups in total. The third kappa shape index (κ3) is 3.44. The van der Waals surface area contributed by atoms with Gasteiger partial charge in [0.05, 0.1) is 7.11 Å². The number of phenolic OH excluding ortho intramolecular Hbond substituents is 1. The van der Waals surface area contributed by atoms with Gasteiger partial charge >= 0.3 is 0 Å². The Morgan fingerprint density at radius 2 is 2.00 bits per heavy atom. The first kappa shape index (κ1) is 16.5. The summed E-state index contributed by atoms with van der Waals surface area (Å²) >= 11 is 0. The number of ether oxygens (including phenoxy) is 1. The Kier molecular flexibility index (Phi) is 5.17. The first-order valence-corrected chi connectivity index (χ1v) is 8.20. The van der Waals surface area contributed by atoms with E-state index in [4.69, 9.17) is 10.5 Å². The Morgan fingerprint density at radius 1 is 1.21 bits per heavy atom. The quantitative estimate of drug-likeness (QED) is 0.869. The summed E-state index contributed by atoms with van der Waals surface area (Å²) in [5.74, 6) is 1.65. The number of nitrogens with zero attached hydrogens (tertiary/aromatic N) is 3. The van der Waals surface area contributed by atoms with Crippen LogP contribution in [0.15, 0.2) is 42.6 Å². The van der Waals surface area contributed by atoms with Crippen molar-refractivity contribution in [3.8, 4) is 11.5 Å². The first-order chi connectivity index (χ1) is 11.7. The minimum absolute atomic E-state index is 0.0905. The van der Waals surface area contributed by atoms with Crippen molar-refractivity contribution in [3.05, 3.63) is 48.2 Å². The number of aromatic hydroxyl groups is 1. The number of pyridine rings is 1. The molecule has 0 bridgehead atoms. The molecule has 1 aromatic carbocycles. The van der Waals surface area contributed by atoms with Crippen molar-refractivity contribution in [2.24, 2.45) is 5.73 Å². The number of phenols is 1. The lowest BCUT2D eigenvalue weighted by atomic mass is 10.0. The van der Waals surface area contributed by atoms with Gasteiger partial charge < -0.3 is 20.5 Å². The summed E-state index contributed by atoms with van der Waals surface area (Å²) in [5, 5.41) is 10.0. The maximum absolute atomic E-state index is 10.0. The van der Waals surface area contributed by atoms with E-state index in [0.29, 0.717) is 12.3 Å². The van der Waals surface area contributed by atoms with E-state index in [9.17, 15) is 5.11 Å². The van der Waals surface area contributed by atoms with Gasteiger partial charge in [-0.05, 0) is 29.8 Å². The highest BCUT2D eigenvalue weighted by Gasteiger charge is 2.25. The van der Waals surface area contributed by atoms with Gasteiger partial charge in [0.25, 0.3) is 0 Å². The smallest absolute Gasteiger partial charge is 0.160 e. The minimum Gasteiger partial charge on any atom is -0.504 e. The fourth-order valence-electron chi connectivity index (χ4n) is 3.21. The van der Waals surface area contributed by atoms with Crippen molar-refractivity contribution < 1.29 is 9.84 Å². The third-order valence-corrected chi connectivity index (χ3v) is 4.54. The van der Waals surface area contributed by atoms with Crippen LogP contribution in [0.2, 0.25) is 0 Å². The van der Waals surface area contributed by atoms with Crippen LogP contribution in [-0.2, 0) is 0 Å². The number of nitrogens with two attached hydrogens (primary N) is 1. The Balaban J connectivity index is 1.68. The second-order valence-corrected chi connectivity index (χ2v) is 5.89. The zero-order valence-corrected chi connectivity index (χ0v) is 13.9. The van der Waals surface area contributed by atoms with Gasteiger partial charge in [-0.1, -0.05) is 12.1 Å². The number of rotatable bonds is 5. The van der Waals surface area contributed by atoms with Gasteiger partial charge in [0.2, 0.25) is 0 Å². The molecule has 6 heteroatoms. The second kappa shape index (κ2) is 7.51. The van der Waals surface area contributed by atoms with E-state index in [2.05, 4.69) is 14.8 Å². The topological polar surface area (TPSA) is 74.9 Å². The predicted molar refractivity (Wildman–Crippen MR) is 94.5 cm³/mol. The van der Waals surface area contributed by atoms with Gasteiger partial charge in [-0.3, -0.25) is 4.90 Å². The van der Waals surface area contributed by atoms with E-state index in [1.807, 2.05) is 30.5 Å². The average molecular weight is 328 g/mol. The molecular weight excluding hydrogens is 304 g/mol. The van der Waals surface area contributed by atoms with E-state index < -0.39 is 0 Å². The van der Waals surface area contributed by atoms with E-state index in [1.54, 1.807) is 19.2 Å². The number of piperazine rings is 1. The van der Waals surface area contributed by atoms with E-state index in [1.165, 1.54) is 0 Å². The molecular formula is C18H24N4O2. The highest BCUT2D eigenvalue weighted by Crippen LogP contribution is 2.31. The minimum atomic E-state index is 0.0905. The van der Waals surface area contributed by atoms with Crippen molar-refractivity contribution in [2.75, 3.05) is 44.7 Å². The summed E-state index contributed by atoms with van der Waals surface area (Å²) in [6, 6.07) is 11.6. The van der Waals surface area contributed by atoms with Crippen molar-refractivity contribution in [2.45, 2.75) is 6.04 Å². The molecule has 1 unspecified atom stereocenters. The van der Waals surface area contributed by atoms with Gasteiger partial charge in [-0.2, -0.15) is 0 Å². The molecule has 6 nitrogen and oxygen atoms in total. The van der Waals surface area contributed by atoms with Crippen LogP contribution < -0.4 is 15.4 Å². The summed E-state index contributed by atoms with van der Waals surface area (Å²) < 4.78 is 5.11. The molecule has 3 rings (SSSR count). The van der Waals surface area contributed by atoms with Crippen LogP contribution in [0, 0.1) is 0 Å². The van der Waals surface area contributed by atoms with Crippen LogP contribution in [0.3, 0.4) is 0 Å². The summed E-state index contributed by atoms with van der Waals surface area (Å²) in [7, 11) is 1.55. The standard InChI is InChI=1S/C18H24N4O2/c1-24-17-6-5-14(12-16(17)23)15(13-19)21-8-10-22(11-9-21)18-4-2-3-7-20-18/h2-7,12,15,23H,8-11,13,19H2,1H3. The predicted octanol–water partition coefficient (Wildman–Crippen LogP) is 1.62. The summed E-state index contributed by atoms with van der Waals surface area (Å²) in [5.41, 5.74) is 7.04. The molecule has 1 aliphatic heterocycles. The maximum Gasteiger partial charge on any atom is 0.160 e. The van der Waals surface area contributed by atoms with Crippen LogP contribution >= 0.6 is 0 Å². The molecule has 0 saturated carbocycles. The Morgan fingerprint density at radius 3 is 2.58 bits per heavy atom. The molecule has 1 atom stereocenters. The number of aromatic nitrogens is 1. The van der Waals surface area contributed by atoms with Gasteiger partial charge in [0, 0.05) is 45.0 Å². The fourth-order valence-corrected chi connectivity index (χ4v) is 3.21. The molecule has 24 heavy (non-hydrogen) atoms. The molecule has 1 saturated heterocycles. The molecule has 1 fully saturated rings. The molecule has 0 spiro atoms. The van der Waals surface area contributed by atoms with Crippen LogP contribution in [0.1, 0.15) is 11.6 Å². The van der Waals surface area contributed by atoms with Crippen LogP contribution in [0.25, 0.3) is 0 Å². The molecule has 0 amide bonds.